The quantitative estimate of drug-likeness (QED) is 0.145. The Bertz CT molecular complexity index is 6180. The monoisotopic (exact) mass is 1250 g/mol. The maximum absolute atomic E-state index is 6.59. The van der Waals surface area contributed by atoms with Gasteiger partial charge in [0.25, 0.3) is 0 Å². The van der Waals surface area contributed by atoms with Gasteiger partial charge in [0.15, 0.2) is 0 Å². The van der Waals surface area contributed by atoms with Gasteiger partial charge in [0.2, 0.25) is 0 Å². The normalized spacial score (nSPS) is 12.1. The molecule has 20 aromatic rings. The Morgan fingerprint density at radius 3 is 1.17 bits per heavy atom. The summed E-state index contributed by atoms with van der Waals surface area (Å²) >= 11 is 7.26. The third-order valence-corrected chi connectivity index (χ3v) is 22.7. The number of furan rings is 4. The summed E-state index contributed by atoms with van der Waals surface area (Å²) in [5, 5.41) is 18.2. The minimum absolute atomic E-state index is 0.843. The van der Waals surface area contributed by atoms with Gasteiger partial charge in [-0.15, -0.1) is 45.3 Å². The van der Waals surface area contributed by atoms with E-state index in [1.807, 2.05) is 22.7 Å². The molecule has 0 unspecified atom stereocenters. The van der Waals surface area contributed by atoms with Crippen molar-refractivity contribution in [3.8, 4) is 99.6 Å². The van der Waals surface area contributed by atoms with Crippen molar-refractivity contribution in [1.82, 2.24) is 0 Å². The first-order valence-corrected chi connectivity index (χ1v) is 34.0. The highest BCUT2D eigenvalue weighted by Gasteiger charge is 2.19. The van der Waals surface area contributed by atoms with Crippen LogP contribution in [0, 0.1) is 0 Å². The summed E-state index contributed by atoms with van der Waals surface area (Å²) < 4.78 is 31.3. The molecule has 0 atom stereocenters. The molecule has 0 saturated carbocycles. The molecule has 0 spiro atoms. The van der Waals surface area contributed by atoms with Crippen molar-refractivity contribution in [2.24, 2.45) is 0 Å². The number of rotatable bonds is 9. The summed E-state index contributed by atoms with van der Waals surface area (Å²) in [6.07, 6.45) is 0. The van der Waals surface area contributed by atoms with Crippen molar-refractivity contribution < 1.29 is 17.7 Å². The number of thiophene rings is 4. The predicted molar refractivity (Wildman–Crippen MR) is 391 cm³/mol. The molecular weight excluding hydrogens is 1200 g/mol. The molecule has 4 nitrogen and oxygen atoms in total. The van der Waals surface area contributed by atoms with E-state index in [1.165, 1.54) is 89.0 Å². The zero-order valence-electron chi connectivity index (χ0n) is 48.8. The van der Waals surface area contributed by atoms with Gasteiger partial charge in [-0.25, -0.2) is 0 Å². The van der Waals surface area contributed by atoms with E-state index in [0.717, 1.165) is 116 Å². The van der Waals surface area contributed by atoms with Crippen molar-refractivity contribution in [2.45, 2.75) is 0 Å². The molecule has 8 heterocycles. The standard InChI is InChI=1S/C84H46O4S4/c1-2-7-80-57(4-1)44-82(91-80)53-20-16-51(17-21-53)73-42-66-33-62-39-78-67(34-63(62)38-77(66)87-73)43-74(88-78)52-18-22-54(23-19-52)83-45-59-5-3-6-68(84(59)92-83)70-46-90-81-27-25-56(35-69(70)81)48-10-14-50(15-11-48)72-41-65-32-61-36-75-64(31-60(61)37-76(65)86-72)40-71(85-75)49-12-8-47(9-13-49)55-24-26-79-58(30-55)28-29-89-79/h1-46H. The van der Waals surface area contributed by atoms with Gasteiger partial charge in [-0.05, 0) is 203 Å². The van der Waals surface area contributed by atoms with Crippen molar-refractivity contribution in [2.75, 3.05) is 0 Å². The van der Waals surface area contributed by atoms with Crippen molar-refractivity contribution in [3.05, 3.63) is 278 Å². The Labute approximate surface area is 542 Å². The van der Waals surface area contributed by atoms with E-state index < -0.39 is 0 Å². The fourth-order valence-corrected chi connectivity index (χ4v) is 17.5. The van der Waals surface area contributed by atoms with Gasteiger partial charge in [0.1, 0.15) is 45.4 Å². The number of hydrogen-bond acceptors (Lipinski definition) is 8. The molecule has 0 N–H and O–H groups in total. The zero-order valence-corrected chi connectivity index (χ0v) is 52.1. The maximum atomic E-state index is 6.59. The molecule has 0 radical (unpaired) electrons. The molecule has 20 rings (SSSR count). The van der Waals surface area contributed by atoms with Crippen LogP contribution >= 0.6 is 45.3 Å². The second-order valence-electron chi connectivity index (χ2n) is 24.0. The fourth-order valence-electron chi connectivity index (χ4n) is 13.6. The highest BCUT2D eigenvalue weighted by Crippen LogP contribution is 2.46. The van der Waals surface area contributed by atoms with Gasteiger partial charge in [-0.1, -0.05) is 146 Å². The van der Waals surface area contributed by atoms with E-state index in [0.29, 0.717) is 0 Å². The second kappa shape index (κ2) is 20.3. The highest BCUT2D eigenvalue weighted by molar-refractivity contribution is 7.23. The summed E-state index contributed by atoms with van der Waals surface area (Å²) in [5.41, 5.74) is 17.3. The van der Waals surface area contributed by atoms with Crippen LogP contribution in [0.25, 0.3) is 205 Å². The second-order valence-corrected chi connectivity index (χ2v) is 28.0. The first kappa shape index (κ1) is 52.0. The predicted octanol–water partition coefficient (Wildman–Crippen LogP) is 26.8. The summed E-state index contributed by atoms with van der Waals surface area (Å²) in [4.78, 5) is 2.50. The van der Waals surface area contributed by atoms with Gasteiger partial charge >= 0.3 is 0 Å². The summed E-state index contributed by atoms with van der Waals surface area (Å²) in [7, 11) is 0. The number of hydrogen-bond donors (Lipinski definition) is 0. The molecule has 0 amide bonds. The summed E-state index contributed by atoms with van der Waals surface area (Å²) in [5.74, 6) is 3.41. The third-order valence-electron chi connectivity index (χ3n) is 18.4. The lowest BCUT2D eigenvalue weighted by atomic mass is 9.98. The number of benzene rings is 12. The molecule has 430 valence electrons. The van der Waals surface area contributed by atoms with Gasteiger partial charge in [0, 0.05) is 88.9 Å². The highest BCUT2D eigenvalue weighted by atomic mass is 32.1. The van der Waals surface area contributed by atoms with Gasteiger partial charge in [-0.2, -0.15) is 0 Å². The first-order chi connectivity index (χ1) is 45.4. The van der Waals surface area contributed by atoms with Crippen molar-refractivity contribution >= 4 is 151 Å². The Morgan fingerprint density at radius 1 is 0.228 bits per heavy atom. The van der Waals surface area contributed by atoms with Crippen LogP contribution in [0.1, 0.15) is 0 Å². The molecular formula is C84H46O4S4. The lowest BCUT2D eigenvalue weighted by Gasteiger charge is -2.06. The van der Waals surface area contributed by atoms with Crippen LogP contribution < -0.4 is 0 Å². The van der Waals surface area contributed by atoms with E-state index in [1.54, 1.807) is 22.7 Å². The minimum atomic E-state index is 0.843. The molecule has 0 aliphatic carbocycles. The van der Waals surface area contributed by atoms with E-state index in [-0.39, 0.29) is 0 Å². The van der Waals surface area contributed by atoms with Crippen molar-refractivity contribution in [1.29, 1.82) is 0 Å². The molecule has 0 aliphatic rings. The van der Waals surface area contributed by atoms with E-state index in [2.05, 4.69) is 278 Å². The van der Waals surface area contributed by atoms with Crippen LogP contribution in [0.15, 0.2) is 295 Å². The van der Waals surface area contributed by atoms with Gasteiger partial charge in [-0.3, -0.25) is 0 Å². The molecule has 0 bridgehead atoms. The average molecular weight is 1250 g/mol. The molecule has 0 aliphatic heterocycles. The summed E-state index contributed by atoms with van der Waals surface area (Å²) in [6, 6.07) is 96.6. The van der Waals surface area contributed by atoms with E-state index in [4.69, 9.17) is 17.7 Å². The van der Waals surface area contributed by atoms with Gasteiger partial charge < -0.3 is 17.7 Å². The molecule has 92 heavy (non-hydrogen) atoms. The molecule has 8 aromatic heterocycles. The Hall–Kier alpha value is -10.8. The van der Waals surface area contributed by atoms with Crippen LogP contribution in [0.5, 0.6) is 0 Å². The molecule has 12 aromatic carbocycles. The largest absolute Gasteiger partial charge is 0.456 e. The van der Waals surface area contributed by atoms with Crippen LogP contribution in [-0.2, 0) is 0 Å². The lowest BCUT2D eigenvalue weighted by Crippen LogP contribution is -1.81. The first-order valence-electron chi connectivity index (χ1n) is 30.7. The van der Waals surface area contributed by atoms with E-state index >= 15 is 0 Å². The topological polar surface area (TPSA) is 52.6 Å². The average Bonchev–Trinajstić information content (AvgIpc) is 1.70. The maximum Gasteiger partial charge on any atom is 0.135 e. The van der Waals surface area contributed by atoms with Gasteiger partial charge in [0.05, 0.1) is 0 Å². The van der Waals surface area contributed by atoms with Crippen LogP contribution in [0.2, 0.25) is 0 Å². The molecule has 0 saturated heterocycles. The van der Waals surface area contributed by atoms with Crippen LogP contribution in [-0.4, -0.2) is 0 Å². The van der Waals surface area contributed by atoms with Crippen molar-refractivity contribution in [3.63, 3.8) is 0 Å². The number of fused-ring (bicyclic) bond motifs is 10. The van der Waals surface area contributed by atoms with Crippen LogP contribution in [0.3, 0.4) is 0 Å². The smallest absolute Gasteiger partial charge is 0.135 e. The van der Waals surface area contributed by atoms with E-state index in [9.17, 15) is 0 Å². The Balaban J connectivity index is 0.531. The Morgan fingerprint density at radius 2 is 0.652 bits per heavy atom. The summed E-state index contributed by atoms with van der Waals surface area (Å²) in [6.45, 7) is 0. The Kier molecular flexibility index (Phi) is 11.5. The molecule has 8 heteroatoms. The lowest BCUT2D eigenvalue weighted by molar-refractivity contribution is 0.631. The SMILES string of the molecule is c1ccc2sc(-c3ccc(-c4cc5cc6cc7oc(-c8ccc(-c9cc%10cccc(-c%11csc%12ccc(-c%13ccc(-c%14cc%15cc%16cc%17oc(-c%18ccc(-c%19ccc%20sccc%20c%19)cc%18)cc%17cc%16cc%15o%14)cc%13)cc%11%12)c%10s9)cc8)cc7cc6cc5o4)cc3)cc2c1. The zero-order chi connectivity index (χ0) is 60.1. The molecule has 0 fully saturated rings. The fraction of sp³-hybridized carbons (Fsp3) is 0. The third kappa shape index (κ3) is 8.74. The van der Waals surface area contributed by atoms with Crippen LogP contribution in [0.4, 0.5) is 0 Å². The minimum Gasteiger partial charge on any atom is -0.456 e.